The summed E-state index contributed by atoms with van der Waals surface area (Å²) in [5, 5.41) is 6.38. The van der Waals surface area contributed by atoms with E-state index >= 15 is 0 Å². The SMILES string of the molecule is O=C(COc1ccc(N2C[C@H](C(=O)NCc3ccc4c(c3)OCO4)CC2=O)cc1)Nc1cc(Cl)cc(Cl)c1. The van der Waals surface area contributed by atoms with Crippen LogP contribution in [-0.2, 0) is 20.9 Å². The van der Waals surface area contributed by atoms with Crippen molar-refractivity contribution < 1.29 is 28.6 Å². The number of anilines is 2. The monoisotopic (exact) mass is 555 g/mol. The normalized spacial score (nSPS) is 15.9. The summed E-state index contributed by atoms with van der Waals surface area (Å²) in [6, 6.07) is 17.0. The van der Waals surface area contributed by atoms with Gasteiger partial charge in [-0.1, -0.05) is 29.3 Å². The minimum Gasteiger partial charge on any atom is -0.484 e. The summed E-state index contributed by atoms with van der Waals surface area (Å²) in [5.41, 5.74) is 1.99. The third-order valence-corrected chi connectivity index (χ3v) is 6.50. The largest absolute Gasteiger partial charge is 0.484 e. The summed E-state index contributed by atoms with van der Waals surface area (Å²) in [7, 11) is 0. The third kappa shape index (κ3) is 6.12. The number of nitrogens with zero attached hydrogens (tertiary/aromatic N) is 1. The van der Waals surface area contributed by atoms with Gasteiger partial charge in [-0.25, -0.2) is 0 Å². The highest BCUT2D eigenvalue weighted by Crippen LogP contribution is 2.32. The Kier molecular flexibility index (Phi) is 7.57. The van der Waals surface area contributed by atoms with Crippen LogP contribution in [0.4, 0.5) is 11.4 Å². The number of benzene rings is 3. The molecule has 3 amide bonds. The lowest BCUT2D eigenvalue weighted by atomic mass is 10.1. The zero-order valence-electron chi connectivity index (χ0n) is 20.0. The summed E-state index contributed by atoms with van der Waals surface area (Å²) >= 11 is 11.9. The summed E-state index contributed by atoms with van der Waals surface area (Å²) in [5.74, 6) is 0.621. The van der Waals surface area contributed by atoms with Gasteiger partial charge in [-0.15, -0.1) is 0 Å². The highest BCUT2D eigenvalue weighted by Gasteiger charge is 2.35. The number of halogens is 2. The van der Waals surface area contributed by atoms with E-state index in [4.69, 9.17) is 37.4 Å². The average Bonchev–Trinajstić information content (AvgIpc) is 3.52. The van der Waals surface area contributed by atoms with Gasteiger partial charge in [0.2, 0.25) is 18.6 Å². The number of hydrogen-bond donors (Lipinski definition) is 2. The summed E-state index contributed by atoms with van der Waals surface area (Å²) < 4.78 is 16.2. The summed E-state index contributed by atoms with van der Waals surface area (Å²) in [4.78, 5) is 39.1. The number of carbonyl (C=O) groups excluding carboxylic acids is 3. The van der Waals surface area contributed by atoms with Crippen LogP contribution >= 0.6 is 23.2 Å². The molecule has 11 heteroatoms. The molecular formula is C27H23Cl2N3O6. The maximum Gasteiger partial charge on any atom is 0.262 e. The van der Waals surface area contributed by atoms with Crippen LogP contribution in [0.1, 0.15) is 12.0 Å². The van der Waals surface area contributed by atoms with Crippen LogP contribution in [0.3, 0.4) is 0 Å². The summed E-state index contributed by atoms with van der Waals surface area (Å²) in [6.07, 6.45) is 0.124. The molecule has 1 saturated heterocycles. The molecule has 1 atom stereocenters. The van der Waals surface area contributed by atoms with Crippen molar-refractivity contribution in [2.75, 3.05) is 30.2 Å². The molecule has 2 N–H and O–H groups in total. The molecule has 3 aromatic rings. The molecule has 0 saturated carbocycles. The highest BCUT2D eigenvalue weighted by molar-refractivity contribution is 6.35. The van der Waals surface area contributed by atoms with Crippen molar-refractivity contribution in [3.05, 3.63) is 76.3 Å². The van der Waals surface area contributed by atoms with Crippen LogP contribution in [0, 0.1) is 5.92 Å². The molecule has 3 aromatic carbocycles. The Morgan fingerprint density at radius 1 is 0.974 bits per heavy atom. The van der Waals surface area contributed by atoms with Crippen molar-refractivity contribution in [1.29, 1.82) is 0 Å². The van der Waals surface area contributed by atoms with E-state index in [-0.39, 0.29) is 44.1 Å². The Labute approximate surface area is 228 Å². The van der Waals surface area contributed by atoms with Gasteiger partial charge in [0.05, 0.1) is 5.92 Å². The lowest BCUT2D eigenvalue weighted by molar-refractivity contribution is -0.126. The number of amides is 3. The molecule has 0 bridgehead atoms. The Balaban J connectivity index is 1.11. The van der Waals surface area contributed by atoms with Crippen molar-refractivity contribution in [1.82, 2.24) is 5.32 Å². The molecule has 1 fully saturated rings. The van der Waals surface area contributed by atoms with Gasteiger partial charge in [-0.3, -0.25) is 14.4 Å². The van der Waals surface area contributed by atoms with E-state index in [2.05, 4.69) is 10.6 Å². The lowest BCUT2D eigenvalue weighted by Gasteiger charge is -2.17. The van der Waals surface area contributed by atoms with Crippen LogP contribution in [0.15, 0.2) is 60.7 Å². The first-order valence-corrected chi connectivity index (χ1v) is 12.5. The van der Waals surface area contributed by atoms with Gasteiger partial charge in [-0.05, 0) is 60.2 Å². The maximum atomic E-state index is 12.7. The number of hydrogen-bond acceptors (Lipinski definition) is 6. The molecule has 0 aromatic heterocycles. The average molecular weight is 556 g/mol. The van der Waals surface area contributed by atoms with Gasteiger partial charge < -0.3 is 29.7 Å². The van der Waals surface area contributed by atoms with Crippen molar-refractivity contribution in [2.24, 2.45) is 5.92 Å². The van der Waals surface area contributed by atoms with Gasteiger partial charge >= 0.3 is 0 Å². The topological polar surface area (TPSA) is 106 Å². The number of nitrogens with one attached hydrogen (secondary N) is 2. The van der Waals surface area contributed by atoms with Crippen LogP contribution in [0.25, 0.3) is 0 Å². The Morgan fingerprint density at radius 2 is 1.71 bits per heavy atom. The van der Waals surface area contributed by atoms with Crippen molar-refractivity contribution >= 4 is 52.3 Å². The van der Waals surface area contributed by atoms with Gasteiger partial charge in [0.1, 0.15) is 5.75 Å². The summed E-state index contributed by atoms with van der Waals surface area (Å²) in [6.45, 7) is 0.561. The van der Waals surface area contributed by atoms with Crippen molar-refractivity contribution in [3.8, 4) is 17.2 Å². The number of carbonyl (C=O) groups is 3. The van der Waals surface area contributed by atoms with Crippen molar-refractivity contribution in [2.45, 2.75) is 13.0 Å². The maximum absolute atomic E-state index is 12.7. The van der Waals surface area contributed by atoms with E-state index in [9.17, 15) is 14.4 Å². The molecular weight excluding hydrogens is 533 g/mol. The van der Waals surface area contributed by atoms with E-state index in [1.54, 1.807) is 53.4 Å². The second-order valence-corrected chi connectivity index (χ2v) is 9.67. The van der Waals surface area contributed by atoms with Gasteiger partial charge in [0.25, 0.3) is 5.91 Å². The quantitative estimate of drug-likeness (QED) is 0.426. The molecule has 2 aliphatic rings. The predicted molar refractivity (Wildman–Crippen MR) is 142 cm³/mol. The molecule has 196 valence electrons. The molecule has 0 aliphatic carbocycles. The Morgan fingerprint density at radius 3 is 2.47 bits per heavy atom. The highest BCUT2D eigenvalue weighted by atomic mass is 35.5. The van der Waals surface area contributed by atoms with E-state index in [0.717, 1.165) is 5.56 Å². The van der Waals surface area contributed by atoms with Gasteiger partial charge in [0.15, 0.2) is 18.1 Å². The van der Waals surface area contributed by atoms with Crippen molar-refractivity contribution in [3.63, 3.8) is 0 Å². The fourth-order valence-corrected chi connectivity index (χ4v) is 4.74. The van der Waals surface area contributed by atoms with Crippen LogP contribution < -0.4 is 29.7 Å². The van der Waals surface area contributed by atoms with E-state index in [0.29, 0.717) is 45.2 Å². The first kappa shape index (κ1) is 25.7. The minimum absolute atomic E-state index is 0.124. The van der Waals surface area contributed by atoms with Gasteiger partial charge in [0, 0.05) is 40.9 Å². The molecule has 38 heavy (non-hydrogen) atoms. The van der Waals surface area contributed by atoms with E-state index < -0.39 is 5.92 Å². The molecule has 0 unspecified atom stereocenters. The molecule has 0 radical (unpaired) electrons. The van der Waals surface area contributed by atoms with E-state index in [1.807, 2.05) is 12.1 Å². The smallest absolute Gasteiger partial charge is 0.262 e. The Bertz CT molecular complexity index is 1360. The minimum atomic E-state index is -0.462. The first-order chi connectivity index (χ1) is 18.3. The molecule has 2 aliphatic heterocycles. The third-order valence-electron chi connectivity index (χ3n) is 6.06. The second kappa shape index (κ2) is 11.2. The number of ether oxygens (including phenoxy) is 3. The van der Waals surface area contributed by atoms with Crippen LogP contribution in [0.2, 0.25) is 10.0 Å². The zero-order valence-corrected chi connectivity index (χ0v) is 21.6. The first-order valence-electron chi connectivity index (χ1n) is 11.8. The molecule has 5 rings (SSSR count). The number of fused-ring (bicyclic) bond motifs is 1. The standard InChI is InChI=1S/C27H23Cl2N3O6/c28-18-9-19(29)11-20(10-18)31-25(33)14-36-22-4-2-21(3-5-22)32-13-17(8-26(32)34)27(35)30-12-16-1-6-23-24(7-16)38-15-37-23/h1-7,9-11,17H,8,12-15H2,(H,30,35)(H,31,33)/t17-/m1/s1. The molecule has 0 spiro atoms. The lowest BCUT2D eigenvalue weighted by Crippen LogP contribution is -2.32. The zero-order chi connectivity index (χ0) is 26.6. The fourth-order valence-electron chi connectivity index (χ4n) is 4.21. The van der Waals surface area contributed by atoms with Gasteiger partial charge in [-0.2, -0.15) is 0 Å². The fraction of sp³-hybridized carbons (Fsp3) is 0.222. The molecule has 9 nitrogen and oxygen atoms in total. The van der Waals surface area contributed by atoms with Crippen LogP contribution in [0.5, 0.6) is 17.2 Å². The molecule has 2 heterocycles. The Hall–Kier alpha value is -3.95. The van der Waals surface area contributed by atoms with E-state index in [1.165, 1.54) is 0 Å². The van der Waals surface area contributed by atoms with Crippen LogP contribution in [-0.4, -0.2) is 37.7 Å². The second-order valence-electron chi connectivity index (χ2n) is 8.80. The number of rotatable bonds is 8. The predicted octanol–water partition coefficient (Wildman–Crippen LogP) is 4.41.